The van der Waals surface area contributed by atoms with Crippen LogP contribution in [0.5, 0.6) is 0 Å². The van der Waals surface area contributed by atoms with E-state index in [9.17, 15) is 9.18 Å². The van der Waals surface area contributed by atoms with Gasteiger partial charge < -0.3 is 10.6 Å². The Morgan fingerprint density at radius 2 is 1.90 bits per heavy atom. The first-order valence-electron chi connectivity index (χ1n) is 6.91. The van der Waals surface area contributed by atoms with Crippen LogP contribution in [0.2, 0.25) is 0 Å². The number of hydrogen-bond donors (Lipinski definition) is 2. The lowest BCUT2D eigenvalue weighted by molar-refractivity contribution is -0.120. The molecule has 0 radical (unpaired) electrons. The van der Waals surface area contributed by atoms with Gasteiger partial charge in [0.05, 0.1) is 6.54 Å². The Hall–Kier alpha value is -2.20. The van der Waals surface area contributed by atoms with Crippen LogP contribution in [0.4, 0.5) is 4.39 Å². The Balaban J connectivity index is 1.72. The summed E-state index contributed by atoms with van der Waals surface area (Å²) in [5, 5.41) is 5.77. The van der Waals surface area contributed by atoms with Crippen molar-refractivity contribution < 1.29 is 9.18 Å². The maximum Gasteiger partial charge on any atom is 0.234 e. The molecule has 110 valence electrons. The number of halogens is 1. The molecule has 1 amide bonds. The first kappa shape index (κ1) is 15.2. The van der Waals surface area contributed by atoms with Gasteiger partial charge in [0.15, 0.2) is 0 Å². The van der Waals surface area contributed by atoms with Gasteiger partial charge in [-0.05, 0) is 18.6 Å². The highest BCUT2D eigenvalue weighted by Gasteiger charge is 2.03. The molecule has 0 fully saturated rings. The van der Waals surface area contributed by atoms with Crippen LogP contribution in [0.25, 0.3) is 0 Å². The van der Waals surface area contributed by atoms with Crippen molar-refractivity contribution >= 4 is 5.91 Å². The SMILES string of the molecule is Cc1cccc(CNC(=O)CNCc2ccccc2F)c1. The van der Waals surface area contributed by atoms with Gasteiger partial charge in [-0.25, -0.2) is 4.39 Å². The van der Waals surface area contributed by atoms with Crippen molar-refractivity contribution in [3.63, 3.8) is 0 Å². The van der Waals surface area contributed by atoms with Gasteiger partial charge in [0.2, 0.25) is 5.91 Å². The predicted octanol–water partition coefficient (Wildman–Crippen LogP) is 2.54. The smallest absolute Gasteiger partial charge is 0.234 e. The molecule has 21 heavy (non-hydrogen) atoms. The van der Waals surface area contributed by atoms with Crippen LogP contribution >= 0.6 is 0 Å². The van der Waals surface area contributed by atoms with Gasteiger partial charge in [0, 0.05) is 18.7 Å². The third kappa shape index (κ3) is 5.00. The zero-order valence-corrected chi connectivity index (χ0v) is 12.0. The summed E-state index contributed by atoms with van der Waals surface area (Å²) in [6.07, 6.45) is 0. The van der Waals surface area contributed by atoms with Crippen LogP contribution in [-0.2, 0) is 17.9 Å². The summed E-state index contributed by atoms with van der Waals surface area (Å²) < 4.78 is 13.4. The van der Waals surface area contributed by atoms with E-state index in [0.717, 1.165) is 5.56 Å². The average Bonchev–Trinajstić information content (AvgIpc) is 2.47. The average molecular weight is 286 g/mol. The second-order valence-electron chi connectivity index (χ2n) is 4.96. The molecular formula is C17H19FN2O. The summed E-state index contributed by atoms with van der Waals surface area (Å²) in [6, 6.07) is 14.5. The summed E-state index contributed by atoms with van der Waals surface area (Å²) >= 11 is 0. The van der Waals surface area contributed by atoms with Gasteiger partial charge in [-0.1, -0.05) is 48.0 Å². The van der Waals surface area contributed by atoms with E-state index >= 15 is 0 Å². The molecule has 0 aliphatic carbocycles. The predicted molar refractivity (Wildman–Crippen MR) is 81.1 cm³/mol. The van der Waals surface area contributed by atoms with E-state index < -0.39 is 0 Å². The number of amides is 1. The summed E-state index contributed by atoms with van der Waals surface area (Å²) in [5.41, 5.74) is 2.79. The number of benzene rings is 2. The number of aryl methyl sites for hydroxylation is 1. The zero-order chi connectivity index (χ0) is 15.1. The fourth-order valence-corrected chi connectivity index (χ4v) is 2.04. The van der Waals surface area contributed by atoms with Gasteiger partial charge in [-0.2, -0.15) is 0 Å². The second kappa shape index (κ2) is 7.55. The molecule has 0 saturated carbocycles. The Morgan fingerprint density at radius 3 is 2.67 bits per heavy atom. The number of carbonyl (C=O) groups excluding carboxylic acids is 1. The van der Waals surface area contributed by atoms with E-state index in [4.69, 9.17) is 0 Å². The van der Waals surface area contributed by atoms with Crippen molar-refractivity contribution in [1.82, 2.24) is 10.6 Å². The molecule has 2 rings (SSSR count). The first-order valence-corrected chi connectivity index (χ1v) is 6.91. The quantitative estimate of drug-likeness (QED) is 0.857. The lowest BCUT2D eigenvalue weighted by atomic mass is 10.1. The standard InChI is InChI=1S/C17H19FN2O/c1-13-5-4-6-14(9-13)10-20-17(21)12-19-11-15-7-2-3-8-16(15)18/h2-9,19H,10-12H2,1H3,(H,20,21). The van der Waals surface area contributed by atoms with Crippen LogP contribution in [0.3, 0.4) is 0 Å². The minimum atomic E-state index is -0.259. The lowest BCUT2D eigenvalue weighted by Crippen LogP contribution is -2.33. The highest BCUT2D eigenvalue weighted by atomic mass is 19.1. The number of hydrogen-bond acceptors (Lipinski definition) is 2. The second-order valence-corrected chi connectivity index (χ2v) is 4.96. The number of rotatable bonds is 6. The molecule has 2 aromatic carbocycles. The van der Waals surface area contributed by atoms with Crippen molar-refractivity contribution in [3.8, 4) is 0 Å². The Bertz CT molecular complexity index is 613. The minimum Gasteiger partial charge on any atom is -0.351 e. The fourth-order valence-electron chi connectivity index (χ4n) is 2.04. The molecule has 2 aromatic rings. The molecule has 0 aliphatic rings. The molecule has 0 atom stereocenters. The molecule has 0 aliphatic heterocycles. The van der Waals surface area contributed by atoms with Crippen LogP contribution in [0.1, 0.15) is 16.7 Å². The molecule has 3 nitrogen and oxygen atoms in total. The largest absolute Gasteiger partial charge is 0.351 e. The Labute approximate surface area is 124 Å². The summed E-state index contributed by atoms with van der Waals surface area (Å²) in [4.78, 5) is 11.7. The van der Waals surface area contributed by atoms with Crippen molar-refractivity contribution in [2.24, 2.45) is 0 Å². The molecule has 0 bridgehead atoms. The van der Waals surface area contributed by atoms with Gasteiger partial charge in [-0.3, -0.25) is 4.79 Å². The van der Waals surface area contributed by atoms with Crippen LogP contribution in [0.15, 0.2) is 48.5 Å². The van der Waals surface area contributed by atoms with Gasteiger partial charge in [-0.15, -0.1) is 0 Å². The van der Waals surface area contributed by atoms with Crippen molar-refractivity contribution in [1.29, 1.82) is 0 Å². The molecule has 0 aromatic heterocycles. The van der Waals surface area contributed by atoms with Crippen LogP contribution < -0.4 is 10.6 Å². The van der Waals surface area contributed by atoms with Crippen molar-refractivity contribution in [2.75, 3.05) is 6.54 Å². The van der Waals surface area contributed by atoms with Gasteiger partial charge in [0.25, 0.3) is 0 Å². The van der Waals surface area contributed by atoms with E-state index in [-0.39, 0.29) is 18.3 Å². The van der Waals surface area contributed by atoms with Crippen LogP contribution in [0, 0.1) is 12.7 Å². The molecule has 4 heteroatoms. The van der Waals surface area contributed by atoms with Crippen LogP contribution in [-0.4, -0.2) is 12.5 Å². The van der Waals surface area contributed by atoms with Crippen molar-refractivity contribution in [3.05, 3.63) is 71.0 Å². The third-order valence-electron chi connectivity index (χ3n) is 3.13. The third-order valence-corrected chi connectivity index (χ3v) is 3.13. The zero-order valence-electron chi connectivity index (χ0n) is 12.0. The Kier molecular flexibility index (Phi) is 5.46. The highest BCUT2D eigenvalue weighted by molar-refractivity contribution is 5.77. The molecule has 0 spiro atoms. The van der Waals surface area contributed by atoms with Gasteiger partial charge in [0.1, 0.15) is 5.82 Å². The molecule has 0 heterocycles. The minimum absolute atomic E-state index is 0.104. The van der Waals surface area contributed by atoms with E-state index in [1.807, 2.05) is 31.2 Å². The van der Waals surface area contributed by atoms with E-state index in [1.165, 1.54) is 11.6 Å². The van der Waals surface area contributed by atoms with E-state index in [0.29, 0.717) is 18.7 Å². The van der Waals surface area contributed by atoms with Gasteiger partial charge >= 0.3 is 0 Å². The topological polar surface area (TPSA) is 41.1 Å². The summed E-state index contributed by atoms with van der Waals surface area (Å²) in [5.74, 6) is -0.363. The van der Waals surface area contributed by atoms with E-state index in [2.05, 4.69) is 10.6 Å². The monoisotopic (exact) mass is 286 g/mol. The van der Waals surface area contributed by atoms with Crippen molar-refractivity contribution in [2.45, 2.75) is 20.0 Å². The Morgan fingerprint density at radius 1 is 1.10 bits per heavy atom. The highest BCUT2D eigenvalue weighted by Crippen LogP contribution is 2.05. The summed E-state index contributed by atoms with van der Waals surface area (Å²) in [7, 11) is 0. The lowest BCUT2D eigenvalue weighted by Gasteiger charge is -2.08. The molecule has 0 saturated heterocycles. The first-order chi connectivity index (χ1) is 10.1. The number of nitrogens with one attached hydrogen (secondary N) is 2. The maximum atomic E-state index is 13.4. The molecule has 2 N–H and O–H groups in total. The number of carbonyl (C=O) groups is 1. The molecule has 0 unspecified atom stereocenters. The maximum absolute atomic E-state index is 13.4. The fraction of sp³-hybridized carbons (Fsp3) is 0.235. The normalized spacial score (nSPS) is 10.4. The summed E-state index contributed by atoms with van der Waals surface area (Å²) in [6.45, 7) is 3.02. The van der Waals surface area contributed by atoms with E-state index in [1.54, 1.807) is 18.2 Å². The molecular weight excluding hydrogens is 267 g/mol.